The Labute approximate surface area is 136 Å². The second kappa shape index (κ2) is 6.30. The number of alkyl halides is 3. The Hall–Kier alpha value is -1.17. The van der Waals surface area contributed by atoms with Crippen LogP contribution in [-0.4, -0.2) is 42.0 Å². The molecule has 1 heterocycles. The van der Waals surface area contributed by atoms with Crippen molar-refractivity contribution in [2.45, 2.75) is 15.9 Å². The van der Waals surface area contributed by atoms with Crippen molar-refractivity contribution in [1.82, 2.24) is 0 Å². The number of benzene rings is 1. The van der Waals surface area contributed by atoms with E-state index in [1.165, 1.54) is 7.11 Å². The fourth-order valence-electron chi connectivity index (χ4n) is 1.83. The Bertz CT molecular complexity index is 554. The van der Waals surface area contributed by atoms with E-state index in [4.69, 9.17) is 44.3 Å². The van der Waals surface area contributed by atoms with Gasteiger partial charge in [0.1, 0.15) is 5.75 Å². The van der Waals surface area contributed by atoms with Crippen molar-refractivity contribution < 1.29 is 19.0 Å². The Balaban J connectivity index is 2.30. The number of methoxy groups -OCH3 is 2. The molecule has 0 radical (unpaired) electrons. The first kappa shape index (κ1) is 16.2. The van der Waals surface area contributed by atoms with Crippen molar-refractivity contribution in [3.63, 3.8) is 0 Å². The molecule has 1 aromatic carbocycles. The van der Waals surface area contributed by atoms with Crippen LogP contribution in [0.15, 0.2) is 29.3 Å². The summed E-state index contributed by atoms with van der Waals surface area (Å²) in [5.74, 6) is 0.263. The van der Waals surface area contributed by atoms with Crippen molar-refractivity contribution in [2.75, 3.05) is 14.2 Å². The molecule has 0 saturated carbocycles. The van der Waals surface area contributed by atoms with Crippen LogP contribution in [0.4, 0.5) is 0 Å². The van der Waals surface area contributed by atoms with Crippen LogP contribution in [-0.2, 0) is 14.3 Å². The van der Waals surface area contributed by atoms with Crippen LogP contribution in [0.5, 0.6) is 5.75 Å². The number of nitrogens with zero attached hydrogens (tertiary/aromatic N) is 1. The SMILES string of the molecule is COC(=O)[C@@H]1N=C(c2ccc(OC)cc2)O[C@H]1C(Cl)(Cl)Cl. The quantitative estimate of drug-likeness (QED) is 0.620. The average Bonchev–Trinajstić information content (AvgIpc) is 2.92. The second-order valence-electron chi connectivity index (χ2n) is 4.21. The fourth-order valence-corrected chi connectivity index (χ4v) is 2.32. The highest BCUT2D eigenvalue weighted by atomic mass is 35.6. The lowest BCUT2D eigenvalue weighted by Crippen LogP contribution is -2.40. The van der Waals surface area contributed by atoms with Crippen LogP contribution in [0, 0.1) is 0 Å². The second-order valence-corrected chi connectivity index (χ2v) is 6.58. The van der Waals surface area contributed by atoms with Crippen molar-refractivity contribution in [2.24, 2.45) is 4.99 Å². The number of aliphatic imine (C=N–C) groups is 1. The third kappa shape index (κ3) is 3.54. The molecule has 114 valence electrons. The van der Waals surface area contributed by atoms with E-state index in [1.54, 1.807) is 31.4 Å². The van der Waals surface area contributed by atoms with Crippen LogP contribution in [0.3, 0.4) is 0 Å². The van der Waals surface area contributed by atoms with Crippen molar-refractivity contribution in [3.8, 4) is 5.75 Å². The number of esters is 1. The van der Waals surface area contributed by atoms with Crippen molar-refractivity contribution in [1.29, 1.82) is 0 Å². The minimum absolute atomic E-state index is 0.212. The van der Waals surface area contributed by atoms with E-state index in [0.717, 1.165) is 0 Å². The highest BCUT2D eigenvalue weighted by molar-refractivity contribution is 6.68. The van der Waals surface area contributed by atoms with Gasteiger partial charge in [0.25, 0.3) is 0 Å². The number of hydrogen-bond acceptors (Lipinski definition) is 5. The van der Waals surface area contributed by atoms with Crippen molar-refractivity contribution >= 4 is 46.7 Å². The molecule has 2 atom stereocenters. The third-order valence-electron chi connectivity index (χ3n) is 2.88. The molecule has 0 spiro atoms. The first-order valence-electron chi connectivity index (χ1n) is 5.90. The molecule has 0 bridgehead atoms. The van der Waals surface area contributed by atoms with Gasteiger partial charge in [-0.15, -0.1) is 0 Å². The minimum Gasteiger partial charge on any atom is -0.497 e. The highest BCUT2D eigenvalue weighted by Gasteiger charge is 2.49. The van der Waals surface area contributed by atoms with Gasteiger partial charge >= 0.3 is 5.97 Å². The molecule has 21 heavy (non-hydrogen) atoms. The Morgan fingerprint density at radius 1 is 1.24 bits per heavy atom. The molecule has 0 aromatic heterocycles. The predicted octanol–water partition coefficient (Wildman–Crippen LogP) is 2.75. The number of carbonyl (C=O) groups is 1. The van der Waals surface area contributed by atoms with E-state index < -0.39 is 21.9 Å². The van der Waals surface area contributed by atoms with E-state index in [-0.39, 0.29) is 5.90 Å². The van der Waals surface area contributed by atoms with Crippen molar-refractivity contribution in [3.05, 3.63) is 29.8 Å². The lowest BCUT2D eigenvalue weighted by Gasteiger charge is -2.22. The normalized spacial score (nSPS) is 21.5. The maximum atomic E-state index is 11.7. The van der Waals surface area contributed by atoms with E-state index >= 15 is 0 Å². The summed E-state index contributed by atoms with van der Waals surface area (Å²) in [6, 6.07) is 5.90. The smallest absolute Gasteiger partial charge is 0.334 e. The first-order chi connectivity index (χ1) is 9.86. The van der Waals surface area contributed by atoms with Gasteiger partial charge in [-0.3, -0.25) is 0 Å². The monoisotopic (exact) mass is 351 g/mol. The average molecular weight is 353 g/mol. The molecule has 0 unspecified atom stereocenters. The Kier molecular flexibility index (Phi) is 4.86. The summed E-state index contributed by atoms with van der Waals surface area (Å²) in [4.78, 5) is 15.9. The lowest BCUT2D eigenvalue weighted by molar-refractivity contribution is -0.143. The van der Waals surface area contributed by atoms with Crippen LogP contribution in [0.2, 0.25) is 0 Å². The summed E-state index contributed by atoms with van der Waals surface area (Å²) in [6.07, 6.45) is -1.05. The minimum atomic E-state index is -1.81. The zero-order chi connectivity index (χ0) is 15.6. The van der Waals surface area contributed by atoms with Crippen LogP contribution in [0.1, 0.15) is 5.56 Å². The van der Waals surface area contributed by atoms with Crippen LogP contribution < -0.4 is 4.74 Å². The third-order valence-corrected chi connectivity index (χ3v) is 3.53. The van der Waals surface area contributed by atoms with Gasteiger partial charge < -0.3 is 14.2 Å². The molecular weight excluding hydrogens is 341 g/mol. The first-order valence-corrected chi connectivity index (χ1v) is 7.03. The number of hydrogen-bond donors (Lipinski definition) is 0. The lowest BCUT2D eigenvalue weighted by atomic mass is 10.2. The molecule has 0 aliphatic carbocycles. The van der Waals surface area contributed by atoms with E-state index in [2.05, 4.69) is 9.73 Å². The molecule has 0 saturated heterocycles. The molecule has 0 amide bonds. The zero-order valence-corrected chi connectivity index (χ0v) is 13.4. The summed E-state index contributed by atoms with van der Waals surface area (Å²) >= 11 is 17.5. The van der Waals surface area contributed by atoms with E-state index in [1.807, 2.05) is 0 Å². The highest BCUT2D eigenvalue weighted by Crippen LogP contribution is 2.38. The summed E-state index contributed by atoms with van der Waals surface area (Å²) in [5, 5.41) is 0. The maximum absolute atomic E-state index is 11.7. The van der Waals surface area contributed by atoms with Gasteiger partial charge in [-0.25, -0.2) is 9.79 Å². The summed E-state index contributed by atoms with van der Waals surface area (Å²) in [6.45, 7) is 0. The number of ether oxygens (including phenoxy) is 3. The van der Waals surface area contributed by atoms with E-state index in [9.17, 15) is 4.79 Å². The predicted molar refractivity (Wildman–Crippen MR) is 80.5 cm³/mol. The van der Waals surface area contributed by atoms with Gasteiger partial charge in [0.15, 0.2) is 12.1 Å². The maximum Gasteiger partial charge on any atom is 0.334 e. The van der Waals surface area contributed by atoms with Gasteiger partial charge in [-0.1, -0.05) is 34.8 Å². The zero-order valence-electron chi connectivity index (χ0n) is 11.2. The molecule has 0 fully saturated rings. The van der Waals surface area contributed by atoms with Gasteiger partial charge in [-0.2, -0.15) is 0 Å². The summed E-state index contributed by atoms with van der Waals surface area (Å²) < 4.78 is 13.4. The molecule has 1 aromatic rings. The molecule has 0 N–H and O–H groups in total. The molecular formula is C13H12Cl3NO4. The molecule has 2 rings (SSSR count). The van der Waals surface area contributed by atoms with Gasteiger partial charge in [0.2, 0.25) is 9.69 Å². The largest absolute Gasteiger partial charge is 0.497 e. The number of halogens is 3. The molecule has 8 heteroatoms. The topological polar surface area (TPSA) is 57.1 Å². The van der Waals surface area contributed by atoms with Crippen LogP contribution in [0.25, 0.3) is 0 Å². The van der Waals surface area contributed by atoms with E-state index in [0.29, 0.717) is 11.3 Å². The van der Waals surface area contributed by atoms with Crippen LogP contribution >= 0.6 is 34.8 Å². The Morgan fingerprint density at radius 2 is 1.86 bits per heavy atom. The standard InChI is InChI=1S/C13H12Cl3NO4/c1-19-8-5-3-7(4-6-8)11-17-9(12(18)20-2)10(21-11)13(14,15)16/h3-6,9-10H,1-2H3/t9-,10-/m1/s1. The number of carbonyl (C=O) groups excluding carboxylic acids is 1. The summed E-state index contributed by atoms with van der Waals surface area (Å²) in [7, 11) is 2.80. The summed E-state index contributed by atoms with van der Waals surface area (Å²) in [5.41, 5.74) is 0.640. The van der Waals surface area contributed by atoms with Gasteiger partial charge in [0.05, 0.1) is 14.2 Å². The fraction of sp³-hybridized carbons (Fsp3) is 0.385. The number of rotatable bonds is 3. The van der Waals surface area contributed by atoms with Gasteiger partial charge in [0, 0.05) is 5.56 Å². The molecule has 1 aliphatic heterocycles. The Morgan fingerprint density at radius 3 is 2.33 bits per heavy atom. The molecule has 5 nitrogen and oxygen atoms in total. The molecule has 1 aliphatic rings. The van der Waals surface area contributed by atoms with Gasteiger partial charge in [-0.05, 0) is 24.3 Å².